The molecule has 26 heavy (non-hydrogen) atoms. The third-order valence-electron chi connectivity index (χ3n) is 4.59. The highest BCUT2D eigenvalue weighted by molar-refractivity contribution is 7.85. The third-order valence-corrected chi connectivity index (χ3v) is 6.31. The van der Waals surface area contributed by atoms with Gasteiger partial charge in [-0.15, -0.1) is 0 Å². The van der Waals surface area contributed by atoms with Crippen molar-refractivity contribution in [1.82, 2.24) is 4.98 Å². The molecule has 1 aromatic heterocycles. The van der Waals surface area contributed by atoms with Crippen LogP contribution in [0.25, 0.3) is 10.9 Å². The van der Waals surface area contributed by atoms with Gasteiger partial charge in [0.1, 0.15) is 5.15 Å². The molecule has 2 aromatic carbocycles. The van der Waals surface area contributed by atoms with Crippen molar-refractivity contribution in [2.45, 2.75) is 24.8 Å². The maximum Gasteiger partial charge on any atom is 0.224 e. The van der Waals surface area contributed by atoms with Crippen LogP contribution in [0.4, 0.5) is 5.69 Å². The van der Waals surface area contributed by atoms with E-state index in [1.165, 1.54) is 6.92 Å². The van der Waals surface area contributed by atoms with Crippen LogP contribution in [0.3, 0.4) is 0 Å². The van der Waals surface area contributed by atoms with Crippen LogP contribution in [0.2, 0.25) is 5.15 Å². The first-order chi connectivity index (χ1) is 12.5. The lowest BCUT2D eigenvalue weighted by Crippen LogP contribution is -2.28. The van der Waals surface area contributed by atoms with E-state index >= 15 is 0 Å². The lowest BCUT2D eigenvalue weighted by Gasteiger charge is -2.23. The molecule has 3 aromatic rings. The molecule has 0 aliphatic carbocycles. The Bertz CT molecular complexity index is 1050. The van der Waals surface area contributed by atoms with Gasteiger partial charge in [-0.2, -0.15) is 0 Å². The third kappa shape index (κ3) is 3.13. The maximum atomic E-state index is 12.4. The number of aryl methyl sites for hydroxylation is 1. The first kappa shape index (κ1) is 17.2. The van der Waals surface area contributed by atoms with Gasteiger partial charge >= 0.3 is 0 Å². The Morgan fingerprint density at radius 3 is 2.85 bits per heavy atom. The van der Waals surface area contributed by atoms with E-state index in [9.17, 15) is 9.00 Å². The molecular weight excluding hydrogens is 368 g/mol. The van der Waals surface area contributed by atoms with Crippen LogP contribution in [0.15, 0.2) is 53.4 Å². The second-order valence-electron chi connectivity index (χ2n) is 6.33. The summed E-state index contributed by atoms with van der Waals surface area (Å²) in [5, 5.41) is 1.43. The average Bonchev–Trinajstić information content (AvgIpc) is 3.00. The molecule has 1 amide bonds. The van der Waals surface area contributed by atoms with Crippen molar-refractivity contribution >= 4 is 44.9 Å². The second-order valence-corrected chi connectivity index (χ2v) is 8.23. The maximum absolute atomic E-state index is 12.4. The molecule has 0 fully saturated rings. The lowest BCUT2D eigenvalue weighted by molar-refractivity contribution is -0.116. The summed E-state index contributed by atoms with van der Waals surface area (Å²) >= 11 is 5.99. The van der Waals surface area contributed by atoms with Crippen molar-refractivity contribution in [3.8, 4) is 0 Å². The first-order valence-corrected chi connectivity index (χ1v) is 10.1. The van der Waals surface area contributed by atoms with E-state index in [0.717, 1.165) is 39.0 Å². The number of benzene rings is 2. The zero-order valence-corrected chi connectivity index (χ0v) is 15.8. The van der Waals surface area contributed by atoms with Gasteiger partial charge in [-0.1, -0.05) is 35.9 Å². The summed E-state index contributed by atoms with van der Waals surface area (Å²) in [4.78, 5) is 19.2. The predicted molar refractivity (Wildman–Crippen MR) is 105 cm³/mol. The number of fused-ring (bicyclic) bond motifs is 2. The molecule has 132 valence electrons. The molecule has 4 nitrogen and oxygen atoms in total. The zero-order chi connectivity index (χ0) is 18.3. The van der Waals surface area contributed by atoms with E-state index in [0.29, 0.717) is 17.5 Å². The highest BCUT2D eigenvalue weighted by Gasteiger charge is 2.26. The van der Waals surface area contributed by atoms with Crippen molar-refractivity contribution in [2.24, 2.45) is 0 Å². The summed E-state index contributed by atoms with van der Waals surface area (Å²) in [6.07, 6.45) is 0.792. The van der Waals surface area contributed by atoms with E-state index in [-0.39, 0.29) is 5.91 Å². The number of halogens is 1. The Kier molecular flexibility index (Phi) is 4.51. The highest BCUT2D eigenvalue weighted by Crippen LogP contribution is 2.33. The van der Waals surface area contributed by atoms with E-state index < -0.39 is 10.8 Å². The minimum absolute atomic E-state index is 0.0820. The SMILES string of the molecule is CC(=O)N(Cc1ccc2ccc(Cl)nc2c1)c1cccc2c1S(=O)CC2. The molecule has 0 radical (unpaired) electrons. The Hall–Kier alpha value is -2.24. The quantitative estimate of drug-likeness (QED) is 0.638. The van der Waals surface area contributed by atoms with E-state index in [1.807, 2.05) is 42.5 Å². The largest absolute Gasteiger partial charge is 0.307 e. The number of aromatic nitrogens is 1. The van der Waals surface area contributed by atoms with Crippen molar-refractivity contribution in [3.63, 3.8) is 0 Å². The minimum atomic E-state index is -1.05. The summed E-state index contributed by atoms with van der Waals surface area (Å²) in [6.45, 7) is 1.93. The van der Waals surface area contributed by atoms with Crippen molar-refractivity contribution in [1.29, 1.82) is 0 Å². The Morgan fingerprint density at radius 2 is 2.04 bits per heavy atom. The summed E-state index contributed by atoms with van der Waals surface area (Å²) in [7, 11) is -1.05. The van der Waals surface area contributed by atoms with Crippen molar-refractivity contribution in [2.75, 3.05) is 10.7 Å². The molecule has 1 atom stereocenters. The molecule has 0 saturated carbocycles. The number of nitrogens with zero attached hydrogens (tertiary/aromatic N) is 2. The van der Waals surface area contributed by atoms with Gasteiger partial charge in [0.2, 0.25) is 5.91 Å². The normalized spacial score (nSPS) is 15.8. The van der Waals surface area contributed by atoms with Crippen LogP contribution in [0, 0.1) is 0 Å². The van der Waals surface area contributed by atoms with Gasteiger partial charge in [-0.3, -0.25) is 9.00 Å². The van der Waals surface area contributed by atoms with Crippen LogP contribution >= 0.6 is 11.6 Å². The fourth-order valence-corrected chi connectivity index (χ4v) is 4.97. The second kappa shape index (κ2) is 6.82. The number of hydrogen-bond acceptors (Lipinski definition) is 3. The summed E-state index contributed by atoms with van der Waals surface area (Å²) in [6, 6.07) is 15.4. The van der Waals surface area contributed by atoms with Crippen LogP contribution in [0.1, 0.15) is 18.1 Å². The van der Waals surface area contributed by atoms with Crippen LogP contribution < -0.4 is 4.90 Å². The van der Waals surface area contributed by atoms with E-state index in [2.05, 4.69) is 4.98 Å². The fourth-order valence-electron chi connectivity index (χ4n) is 3.33. The molecule has 6 heteroatoms. The Labute approximate surface area is 159 Å². The van der Waals surface area contributed by atoms with E-state index in [4.69, 9.17) is 11.6 Å². The monoisotopic (exact) mass is 384 g/mol. The molecule has 2 heterocycles. The molecule has 1 aliphatic heterocycles. The van der Waals surface area contributed by atoms with E-state index in [1.54, 1.807) is 11.0 Å². The Morgan fingerprint density at radius 1 is 1.23 bits per heavy atom. The molecule has 0 spiro atoms. The van der Waals surface area contributed by atoms with Gasteiger partial charge in [0.15, 0.2) is 0 Å². The van der Waals surface area contributed by atoms with Crippen LogP contribution in [-0.2, 0) is 28.6 Å². The van der Waals surface area contributed by atoms with Gasteiger partial charge in [0, 0.05) is 18.1 Å². The molecule has 1 aliphatic rings. The van der Waals surface area contributed by atoms with Crippen LogP contribution in [0.5, 0.6) is 0 Å². The minimum Gasteiger partial charge on any atom is -0.307 e. The first-order valence-electron chi connectivity index (χ1n) is 8.36. The standard InChI is InChI=1S/C20H17ClN2O2S/c1-13(24)23(18-4-2-3-16-9-10-26(25)20(16)18)12-14-5-6-15-7-8-19(21)22-17(15)11-14/h2-8,11H,9-10,12H2,1H3. The fraction of sp³-hybridized carbons (Fsp3) is 0.200. The zero-order valence-electron chi connectivity index (χ0n) is 14.2. The number of rotatable bonds is 3. The van der Waals surface area contributed by atoms with Crippen LogP contribution in [-0.4, -0.2) is 20.9 Å². The van der Waals surface area contributed by atoms with Gasteiger partial charge in [-0.25, -0.2) is 4.98 Å². The highest BCUT2D eigenvalue weighted by atomic mass is 35.5. The molecule has 0 bridgehead atoms. The topological polar surface area (TPSA) is 50.3 Å². The number of carbonyl (C=O) groups excluding carboxylic acids is 1. The number of anilines is 1. The van der Waals surface area contributed by atoms with Gasteiger partial charge in [0.05, 0.1) is 33.4 Å². The molecule has 0 saturated heterocycles. The molecule has 0 N–H and O–H groups in total. The summed E-state index contributed by atoms with van der Waals surface area (Å²) in [5.74, 6) is 0.540. The average molecular weight is 385 g/mol. The summed E-state index contributed by atoms with van der Waals surface area (Å²) in [5.41, 5.74) is 3.55. The molecule has 4 rings (SSSR count). The number of hydrogen-bond donors (Lipinski definition) is 0. The summed E-state index contributed by atoms with van der Waals surface area (Å²) < 4.78 is 12.4. The molecular formula is C20H17ClN2O2S. The lowest BCUT2D eigenvalue weighted by atomic mass is 10.1. The smallest absolute Gasteiger partial charge is 0.224 e. The number of pyridine rings is 1. The Balaban J connectivity index is 1.74. The van der Waals surface area contributed by atoms with Crippen molar-refractivity contribution < 1.29 is 9.00 Å². The molecule has 1 unspecified atom stereocenters. The number of carbonyl (C=O) groups is 1. The van der Waals surface area contributed by atoms with Crippen molar-refractivity contribution in [3.05, 3.63) is 64.8 Å². The number of amides is 1. The van der Waals surface area contributed by atoms with Gasteiger partial charge in [0.25, 0.3) is 0 Å². The van der Waals surface area contributed by atoms with Gasteiger partial charge in [-0.05, 0) is 41.8 Å². The van der Waals surface area contributed by atoms with Gasteiger partial charge < -0.3 is 4.90 Å². The predicted octanol–water partition coefficient (Wildman–Crippen LogP) is 4.11.